The Hall–Kier alpha value is -2.90. The summed E-state index contributed by atoms with van der Waals surface area (Å²) >= 11 is 0. The number of hydroxylamine groups is 2. The van der Waals surface area contributed by atoms with Gasteiger partial charge in [0.25, 0.3) is 0 Å². The largest absolute Gasteiger partial charge is 0.464 e. The molecule has 2 aliphatic heterocycles. The van der Waals surface area contributed by atoms with Gasteiger partial charge >= 0.3 is 28.5 Å². The predicted molar refractivity (Wildman–Crippen MR) is 94.8 cm³/mol. The monoisotopic (exact) mass is 429 g/mol. The van der Waals surface area contributed by atoms with Crippen molar-refractivity contribution in [2.24, 2.45) is 0 Å². The maximum atomic E-state index is 12.6. The number of carbonyl (C=O) groups is 3. The van der Waals surface area contributed by atoms with Gasteiger partial charge in [0.05, 0.1) is 13.2 Å². The Bertz CT molecular complexity index is 949. The lowest BCUT2D eigenvalue weighted by Crippen LogP contribution is -2.39. The summed E-state index contributed by atoms with van der Waals surface area (Å²) in [5.74, 6) is -0.608. The van der Waals surface area contributed by atoms with Gasteiger partial charge in [-0.15, -0.1) is 4.28 Å². The second kappa shape index (κ2) is 7.85. The number of rotatable bonds is 6. The lowest BCUT2D eigenvalue weighted by Gasteiger charge is -2.31. The molecule has 3 rings (SSSR count). The van der Waals surface area contributed by atoms with Crippen molar-refractivity contribution in [3.63, 3.8) is 0 Å². The van der Waals surface area contributed by atoms with E-state index in [1.54, 1.807) is 13.8 Å². The summed E-state index contributed by atoms with van der Waals surface area (Å²) in [6, 6.07) is 1.26. The number of nitrogens with one attached hydrogen (secondary N) is 1. The van der Waals surface area contributed by atoms with E-state index >= 15 is 0 Å². The highest BCUT2D eigenvalue weighted by Crippen LogP contribution is 2.45. The fraction of sp³-hybridized carbons (Fsp3) is 0.438. The number of carbonyl (C=O) groups excluding carboxylic acids is 3. The molecule has 1 saturated heterocycles. The van der Waals surface area contributed by atoms with Crippen LogP contribution in [-0.2, 0) is 24.2 Å². The molecule has 2 aliphatic rings. The van der Waals surface area contributed by atoms with Gasteiger partial charge < -0.3 is 19.7 Å². The topological polar surface area (TPSA) is 152 Å². The quantitative estimate of drug-likeness (QED) is 0.497. The Morgan fingerprint density at radius 1 is 1.28 bits per heavy atom. The van der Waals surface area contributed by atoms with Gasteiger partial charge in [-0.3, -0.25) is 4.55 Å². The maximum absolute atomic E-state index is 12.6. The smallest absolute Gasteiger partial charge is 0.418 e. The molecule has 158 valence electrons. The molecule has 1 fully saturated rings. The number of nitrogens with zero attached hydrogens (tertiary/aromatic N) is 2. The minimum atomic E-state index is -5.00. The van der Waals surface area contributed by atoms with Crippen molar-refractivity contribution in [1.82, 2.24) is 15.3 Å². The van der Waals surface area contributed by atoms with Crippen LogP contribution in [0.1, 0.15) is 37.1 Å². The maximum Gasteiger partial charge on any atom is 0.418 e. The van der Waals surface area contributed by atoms with E-state index in [0.717, 1.165) is 4.90 Å². The molecule has 2 atom stereocenters. The van der Waals surface area contributed by atoms with E-state index in [0.29, 0.717) is 22.7 Å². The van der Waals surface area contributed by atoms with Crippen LogP contribution in [0.5, 0.6) is 5.75 Å². The molecule has 0 aromatic heterocycles. The molecule has 2 bridgehead atoms. The van der Waals surface area contributed by atoms with Crippen molar-refractivity contribution in [1.29, 1.82) is 0 Å². The third-order valence-electron chi connectivity index (χ3n) is 4.33. The molecule has 0 radical (unpaired) electrons. The minimum Gasteiger partial charge on any atom is -0.464 e. The van der Waals surface area contributed by atoms with E-state index in [1.807, 2.05) is 0 Å². The van der Waals surface area contributed by atoms with Gasteiger partial charge in [-0.2, -0.15) is 13.5 Å². The van der Waals surface area contributed by atoms with E-state index in [1.165, 1.54) is 18.2 Å². The minimum absolute atomic E-state index is 0.0692. The van der Waals surface area contributed by atoms with Crippen LogP contribution in [0.2, 0.25) is 0 Å². The molecule has 0 saturated carbocycles. The Labute approximate surface area is 166 Å². The van der Waals surface area contributed by atoms with Crippen molar-refractivity contribution < 1.29 is 41.1 Å². The summed E-state index contributed by atoms with van der Waals surface area (Å²) in [6.45, 7) is 3.63. The highest BCUT2D eigenvalue weighted by molar-refractivity contribution is 7.80. The molecule has 1 aromatic carbocycles. The van der Waals surface area contributed by atoms with Gasteiger partial charge in [0.15, 0.2) is 6.04 Å². The number of fused-ring (bicyclic) bond motifs is 4. The van der Waals surface area contributed by atoms with E-state index in [4.69, 9.17) is 14.0 Å². The molecular weight excluding hydrogens is 410 g/mol. The number of urea groups is 1. The molecule has 1 aromatic rings. The predicted octanol–water partition coefficient (Wildman–Crippen LogP) is 0.926. The van der Waals surface area contributed by atoms with Crippen LogP contribution in [0.3, 0.4) is 0 Å². The summed E-state index contributed by atoms with van der Waals surface area (Å²) < 4.78 is 46.0. The fourth-order valence-electron chi connectivity index (χ4n) is 3.31. The van der Waals surface area contributed by atoms with Crippen LogP contribution < -0.4 is 10.1 Å². The summed E-state index contributed by atoms with van der Waals surface area (Å²) in [5, 5.41) is 2.91. The van der Waals surface area contributed by atoms with Crippen molar-refractivity contribution >= 4 is 28.5 Å². The number of benzene rings is 1. The number of hydrogen-bond acceptors (Lipinski definition) is 8. The van der Waals surface area contributed by atoms with Crippen LogP contribution in [0.15, 0.2) is 18.2 Å². The van der Waals surface area contributed by atoms with Crippen molar-refractivity contribution in [3.8, 4) is 5.75 Å². The average Bonchev–Trinajstić information content (AvgIpc) is 2.88. The van der Waals surface area contributed by atoms with Gasteiger partial charge in [-0.05, 0) is 37.1 Å². The molecule has 12 nitrogen and oxygen atoms in total. The molecule has 0 spiro atoms. The lowest BCUT2D eigenvalue weighted by molar-refractivity contribution is -0.148. The van der Waals surface area contributed by atoms with E-state index in [2.05, 4.69) is 9.60 Å². The second-order valence-corrected chi connectivity index (χ2v) is 7.15. The van der Waals surface area contributed by atoms with E-state index < -0.39 is 40.6 Å². The summed E-state index contributed by atoms with van der Waals surface area (Å²) in [6.07, 6.45) is -0.708. The Kier molecular flexibility index (Phi) is 5.64. The number of hydrogen-bond donors (Lipinski definition) is 2. The van der Waals surface area contributed by atoms with Gasteiger partial charge in [0.1, 0.15) is 11.8 Å². The Morgan fingerprint density at radius 3 is 2.62 bits per heavy atom. The molecule has 2 N–H and O–H groups in total. The first-order chi connectivity index (χ1) is 13.7. The van der Waals surface area contributed by atoms with E-state index in [9.17, 15) is 22.8 Å². The van der Waals surface area contributed by atoms with Crippen molar-refractivity contribution in [2.75, 3.05) is 19.7 Å². The van der Waals surface area contributed by atoms with Crippen LogP contribution >= 0.6 is 0 Å². The Morgan fingerprint density at radius 2 is 2.00 bits per heavy atom. The van der Waals surface area contributed by atoms with Gasteiger partial charge in [0.2, 0.25) is 0 Å². The van der Waals surface area contributed by atoms with E-state index in [-0.39, 0.29) is 18.9 Å². The molecule has 1 unspecified atom stereocenters. The third kappa shape index (κ3) is 4.11. The second-order valence-electron chi connectivity index (χ2n) is 6.14. The summed E-state index contributed by atoms with van der Waals surface area (Å²) in [7, 11) is -5.00. The number of ether oxygens (including phenoxy) is 2. The first kappa shape index (κ1) is 20.8. The molecular formula is C16H19N3O9S. The van der Waals surface area contributed by atoms with Crippen LogP contribution in [0, 0.1) is 0 Å². The number of esters is 1. The van der Waals surface area contributed by atoms with Gasteiger partial charge in [-0.1, -0.05) is 6.07 Å². The highest BCUT2D eigenvalue weighted by Gasteiger charge is 2.52. The van der Waals surface area contributed by atoms with Crippen molar-refractivity contribution in [3.05, 3.63) is 29.3 Å². The summed E-state index contributed by atoms with van der Waals surface area (Å²) in [5.41, 5.74) is 0.674. The van der Waals surface area contributed by atoms with Gasteiger partial charge in [-0.25, -0.2) is 14.4 Å². The molecule has 3 amide bonds. The molecule has 29 heavy (non-hydrogen) atoms. The summed E-state index contributed by atoms with van der Waals surface area (Å²) in [4.78, 5) is 37.9. The zero-order valence-electron chi connectivity index (χ0n) is 15.5. The molecule has 13 heteroatoms. The number of amides is 3. The standard InChI is InChI=1S/C16H19N3O9S/c1-3-17-15(21)27-9-5-6-10-11(7-9)12-8-18(13(10)14(20)26-4-2)16(22)19(12)28-29(23,24)25/h5-7,12-13H,3-4,8H2,1-2H3,(H,17,21)(H,23,24,25)/t12-,13?/m1/s1. The third-order valence-corrected chi connectivity index (χ3v) is 4.68. The first-order valence-corrected chi connectivity index (χ1v) is 10.1. The zero-order valence-corrected chi connectivity index (χ0v) is 16.3. The first-order valence-electron chi connectivity index (χ1n) is 8.69. The van der Waals surface area contributed by atoms with Gasteiger partial charge in [0, 0.05) is 6.54 Å². The average molecular weight is 429 g/mol. The molecule has 2 heterocycles. The normalized spacial score (nSPS) is 20.3. The van der Waals surface area contributed by atoms with Crippen molar-refractivity contribution in [2.45, 2.75) is 25.9 Å². The highest BCUT2D eigenvalue weighted by atomic mass is 32.3. The molecule has 0 aliphatic carbocycles. The fourth-order valence-corrected chi connectivity index (χ4v) is 3.68. The van der Waals surface area contributed by atoms with Crippen LogP contribution in [0.4, 0.5) is 9.59 Å². The lowest BCUT2D eigenvalue weighted by atomic mass is 9.91. The SMILES string of the molecule is CCNC(=O)Oc1ccc2c(c1)[C@H]1CN(C(=O)N1OS(=O)(=O)O)C2C(=O)OCC. The Balaban J connectivity index is 2.04. The van der Waals surface area contributed by atoms with Crippen LogP contribution in [-0.4, -0.2) is 60.7 Å². The van der Waals surface area contributed by atoms with Crippen LogP contribution in [0.25, 0.3) is 0 Å². The zero-order chi connectivity index (χ0) is 21.3.